The Kier molecular flexibility index (Phi) is 6.00. The Balaban J connectivity index is 1.55. The molecule has 168 valence electrons. The van der Waals surface area contributed by atoms with E-state index in [1.54, 1.807) is 12.1 Å². The van der Waals surface area contributed by atoms with E-state index in [1.165, 1.54) is 24.3 Å². The fraction of sp³-hybridized carbons (Fsp3) is 0.111. The van der Waals surface area contributed by atoms with Gasteiger partial charge in [-0.15, -0.1) is 0 Å². The molecule has 0 bridgehead atoms. The quantitative estimate of drug-likeness (QED) is 0.193. The lowest BCUT2D eigenvalue weighted by molar-refractivity contribution is 0.403. The molecule has 4 aromatic rings. The predicted octanol–water partition coefficient (Wildman–Crippen LogP) is 4.45. The van der Waals surface area contributed by atoms with Crippen molar-refractivity contribution in [3.63, 3.8) is 0 Å². The summed E-state index contributed by atoms with van der Waals surface area (Å²) < 4.78 is 0. The molecule has 0 radical (unpaired) electrons. The number of rotatable bonds is 6. The smallest absolute Gasteiger partial charge is 0.157 e. The topological polar surface area (TPSA) is 133 Å². The monoisotopic (exact) mass is 442 g/mol. The van der Waals surface area contributed by atoms with Crippen molar-refractivity contribution in [1.82, 2.24) is 0 Å². The zero-order valence-corrected chi connectivity index (χ0v) is 18.0. The SMILES string of the molecule is Nc1ccc(Cc2ccc(N)c(Cc3ccc(O)c(O)c3)c2)cc1Cc1ccc(O)c(O)c1. The van der Waals surface area contributed by atoms with Crippen LogP contribution < -0.4 is 11.5 Å². The maximum atomic E-state index is 9.76. The average molecular weight is 443 g/mol. The molecule has 0 aromatic heterocycles. The number of nitrogen functional groups attached to an aromatic ring is 2. The zero-order chi connectivity index (χ0) is 23.5. The molecule has 4 aromatic carbocycles. The summed E-state index contributed by atoms with van der Waals surface area (Å²) in [5, 5.41) is 38.6. The summed E-state index contributed by atoms with van der Waals surface area (Å²) in [5.41, 5.74) is 19.4. The largest absolute Gasteiger partial charge is 0.504 e. The van der Waals surface area contributed by atoms with Crippen LogP contribution in [0.2, 0.25) is 0 Å². The Morgan fingerprint density at radius 2 is 0.788 bits per heavy atom. The molecular formula is C27H26N2O4. The van der Waals surface area contributed by atoms with E-state index >= 15 is 0 Å². The van der Waals surface area contributed by atoms with Gasteiger partial charge in [0.2, 0.25) is 0 Å². The molecule has 6 heteroatoms. The van der Waals surface area contributed by atoms with E-state index in [2.05, 4.69) is 0 Å². The molecule has 0 spiro atoms. The number of phenols is 4. The summed E-state index contributed by atoms with van der Waals surface area (Å²) in [7, 11) is 0. The molecule has 6 nitrogen and oxygen atoms in total. The summed E-state index contributed by atoms with van der Waals surface area (Å²) in [6, 6.07) is 21.4. The van der Waals surface area contributed by atoms with Gasteiger partial charge < -0.3 is 31.9 Å². The van der Waals surface area contributed by atoms with E-state index < -0.39 is 0 Å². The van der Waals surface area contributed by atoms with Gasteiger partial charge in [-0.1, -0.05) is 36.4 Å². The molecule has 0 amide bonds. The lowest BCUT2D eigenvalue weighted by atomic mass is 9.95. The molecule has 0 saturated carbocycles. The third kappa shape index (κ3) is 5.13. The van der Waals surface area contributed by atoms with Crippen LogP contribution >= 0.6 is 0 Å². The van der Waals surface area contributed by atoms with Crippen LogP contribution in [0.25, 0.3) is 0 Å². The number of phenolic OH excluding ortho intramolecular Hbond substituents is 4. The molecule has 33 heavy (non-hydrogen) atoms. The van der Waals surface area contributed by atoms with Gasteiger partial charge in [0.25, 0.3) is 0 Å². The molecule has 0 unspecified atom stereocenters. The van der Waals surface area contributed by atoms with Gasteiger partial charge in [0.15, 0.2) is 23.0 Å². The summed E-state index contributed by atoms with van der Waals surface area (Å²) >= 11 is 0. The first-order chi connectivity index (χ1) is 15.8. The van der Waals surface area contributed by atoms with Crippen molar-refractivity contribution in [2.45, 2.75) is 19.3 Å². The van der Waals surface area contributed by atoms with Crippen LogP contribution in [0.15, 0.2) is 72.8 Å². The van der Waals surface area contributed by atoms with E-state index in [9.17, 15) is 20.4 Å². The minimum atomic E-state index is -0.154. The number of benzene rings is 4. The Morgan fingerprint density at radius 3 is 1.18 bits per heavy atom. The summed E-state index contributed by atoms with van der Waals surface area (Å²) in [5.74, 6) is -0.610. The molecule has 0 saturated heterocycles. The first-order valence-corrected chi connectivity index (χ1v) is 10.5. The highest BCUT2D eigenvalue weighted by atomic mass is 16.3. The van der Waals surface area contributed by atoms with E-state index in [0.29, 0.717) is 30.6 Å². The molecule has 4 rings (SSSR count). The fourth-order valence-corrected chi connectivity index (χ4v) is 3.88. The summed E-state index contributed by atoms with van der Waals surface area (Å²) in [4.78, 5) is 0. The van der Waals surface area contributed by atoms with Crippen molar-refractivity contribution < 1.29 is 20.4 Å². The van der Waals surface area contributed by atoms with Crippen LogP contribution in [-0.4, -0.2) is 20.4 Å². The minimum Gasteiger partial charge on any atom is -0.504 e. The van der Waals surface area contributed by atoms with Crippen molar-refractivity contribution in [2.24, 2.45) is 0 Å². The van der Waals surface area contributed by atoms with Crippen molar-refractivity contribution in [3.05, 3.63) is 106 Å². The molecule has 0 fully saturated rings. The van der Waals surface area contributed by atoms with Gasteiger partial charge in [-0.3, -0.25) is 0 Å². The molecule has 0 aliphatic carbocycles. The van der Waals surface area contributed by atoms with Crippen molar-refractivity contribution in [2.75, 3.05) is 11.5 Å². The second kappa shape index (κ2) is 9.04. The highest BCUT2D eigenvalue weighted by Gasteiger charge is 2.09. The maximum Gasteiger partial charge on any atom is 0.157 e. The first kappa shape index (κ1) is 21.9. The van der Waals surface area contributed by atoms with Crippen LogP contribution in [-0.2, 0) is 19.3 Å². The third-order valence-electron chi connectivity index (χ3n) is 5.69. The van der Waals surface area contributed by atoms with E-state index in [-0.39, 0.29) is 23.0 Å². The molecule has 0 aliphatic rings. The molecule has 0 atom stereocenters. The van der Waals surface area contributed by atoms with Crippen molar-refractivity contribution in [1.29, 1.82) is 0 Å². The Labute approximate surface area is 192 Å². The van der Waals surface area contributed by atoms with Crippen LogP contribution in [0.1, 0.15) is 33.4 Å². The number of hydrogen-bond donors (Lipinski definition) is 6. The van der Waals surface area contributed by atoms with Gasteiger partial charge in [0.05, 0.1) is 0 Å². The fourth-order valence-electron chi connectivity index (χ4n) is 3.88. The second-order valence-corrected chi connectivity index (χ2v) is 8.24. The minimum absolute atomic E-state index is 0.151. The zero-order valence-electron chi connectivity index (χ0n) is 18.0. The maximum absolute atomic E-state index is 9.76. The lowest BCUT2D eigenvalue weighted by Gasteiger charge is -2.12. The highest BCUT2D eigenvalue weighted by molar-refractivity contribution is 5.55. The Bertz CT molecular complexity index is 1220. The molecular weight excluding hydrogens is 416 g/mol. The van der Waals surface area contributed by atoms with E-state index in [4.69, 9.17) is 11.5 Å². The highest BCUT2D eigenvalue weighted by Crippen LogP contribution is 2.29. The average Bonchev–Trinajstić information content (AvgIpc) is 2.78. The number of aromatic hydroxyl groups is 4. The van der Waals surface area contributed by atoms with Crippen LogP contribution in [0.3, 0.4) is 0 Å². The summed E-state index contributed by atoms with van der Waals surface area (Å²) in [6.07, 6.45) is 1.75. The standard InChI is InChI=1S/C27H26N2O4/c28-22-5-1-16(10-20(22)12-18-3-7-24(30)26(32)14-18)9-17-2-6-23(29)21(11-17)13-19-4-8-25(31)27(33)15-19/h1-8,10-11,14-15,30-33H,9,12-13,28-29H2. The van der Waals surface area contributed by atoms with Gasteiger partial charge in [0.1, 0.15) is 0 Å². The normalized spacial score (nSPS) is 10.9. The van der Waals surface area contributed by atoms with Crippen molar-refractivity contribution >= 4 is 11.4 Å². The van der Waals surface area contributed by atoms with Gasteiger partial charge >= 0.3 is 0 Å². The lowest BCUT2D eigenvalue weighted by Crippen LogP contribution is -2.00. The number of anilines is 2. The molecule has 0 aliphatic heterocycles. The van der Waals surface area contributed by atoms with Gasteiger partial charge in [-0.25, -0.2) is 0 Å². The number of hydrogen-bond acceptors (Lipinski definition) is 6. The first-order valence-electron chi connectivity index (χ1n) is 10.5. The predicted molar refractivity (Wildman–Crippen MR) is 130 cm³/mol. The van der Waals surface area contributed by atoms with E-state index in [0.717, 1.165) is 33.4 Å². The molecule has 8 N–H and O–H groups in total. The van der Waals surface area contributed by atoms with Crippen molar-refractivity contribution in [3.8, 4) is 23.0 Å². The van der Waals surface area contributed by atoms with Gasteiger partial charge in [-0.2, -0.15) is 0 Å². The van der Waals surface area contributed by atoms with Crippen LogP contribution in [0.4, 0.5) is 11.4 Å². The molecule has 0 heterocycles. The van der Waals surface area contributed by atoms with Crippen LogP contribution in [0.5, 0.6) is 23.0 Å². The summed E-state index contributed by atoms with van der Waals surface area (Å²) in [6.45, 7) is 0. The Hall–Kier alpha value is -4.32. The van der Waals surface area contributed by atoms with Gasteiger partial charge in [-0.05, 0) is 89.0 Å². The Morgan fingerprint density at radius 1 is 0.424 bits per heavy atom. The van der Waals surface area contributed by atoms with Crippen LogP contribution in [0, 0.1) is 0 Å². The number of nitrogens with two attached hydrogens (primary N) is 2. The second-order valence-electron chi connectivity index (χ2n) is 8.24. The van der Waals surface area contributed by atoms with Gasteiger partial charge in [0, 0.05) is 11.4 Å². The van der Waals surface area contributed by atoms with E-state index in [1.807, 2.05) is 36.4 Å². The third-order valence-corrected chi connectivity index (χ3v) is 5.69.